The number of likely N-dealkylation sites (tertiary alicyclic amines) is 1. The molecule has 1 aromatic heterocycles. The van der Waals surface area contributed by atoms with Gasteiger partial charge in [-0.05, 0) is 25.8 Å². The molecule has 0 radical (unpaired) electrons. The highest BCUT2D eigenvalue weighted by atomic mass is 16.2. The predicted octanol–water partition coefficient (Wildman–Crippen LogP) is 1.28. The molecule has 19 heavy (non-hydrogen) atoms. The Morgan fingerprint density at radius 2 is 2.05 bits per heavy atom. The minimum atomic E-state index is 0.202. The molecule has 104 valence electrons. The minimum Gasteiger partial charge on any atom is -0.342 e. The maximum absolute atomic E-state index is 12.0. The van der Waals surface area contributed by atoms with E-state index in [0.717, 1.165) is 37.4 Å². The first-order valence-corrected chi connectivity index (χ1v) is 7.03. The Balaban J connectivity index is 1.74. The Bertz CT molecular complexity index is 414. The van der Waals surface area contributed by atoms with Gasteiger partial charge in [0.15, 0.2) is 0 Å². The predicted molar refractivity (Wildman–Crippen MR) is 73.5 cm³/mol. The molecule has 1 aliphatic rings. The molecule has 1 aliphatic heterocycles. The summed E-state index contributed by atoms with van der Waals surface area (Å²) in [5.74, 6) is 0.964. The van der Waals surface area contributed by atoms with Crippen molar-refractivity contribution < 1.29 is 4.79 Å². The first-order chi connectivity index (χ1) is 9.25. The van der Waals surface area contributed by atoms with Crippen LogP contribution in [0.5, 0.6) is 0 Å². The lowest BCUT2D eigenvalue weighted by molar-refractivity contribution is -0.130. The Kier molecular flexibility index (Phi) is 5.27. The third-order valence-corrected chi connectivity index (χ3v) is 3.37. The van der Waals surface area contributed by atoms with Crippen molar-refractivity contribution in [3.63, 3.8) is 0 Å². The summed E-state index contributed by atoms with van der Waals surface area (Å²) in [5.41, 5.74) is 0.927. The fourth-order valence-electron chi connectivity index (χ4n) is 2.33. The lowest BCUT2D eigenvalue weighted by Gasteiger charge is -2.20. The molecule has 0 aromatic carbocycles. The van der Waals surface area contributed by atoms with Crippen LogP contribution in [0.25, 0.3) is 0 Å². The fourth-order valence-corrected chi connectivity index (χ4v) is 2.33. The summed E-state index contributed by atoms with van der Waals surface area (Å²) < 4.78 is 0. The van der Waals surface area contributed by atoms with Crippen molar-refractivity contribution in [2.45, 2.75) is 39.2 Å². The first kappa shape index (κ1) is 13.9. The second-order valence-electron chi connectivity index (χ2n) is 4.99. The number of rotatable bonds is 4. The van der Waals surface area contributed by atoms with Crippen LogP contribution in [0.1, 0.15) is 37.2 Å². The number of nitrogens with one attached hydrogen (secondary N) is 1. The maximum atomic E-state index is 12.0. The van der Waals surface area contributed by atoms with E-state index in [-0.39, 0.29) is 5.91 Å². The van der Waals surface area contributed by atoms with Gasteiger partial charge >= 0.3 is 0 Å². The lowest BCUT2D eigenvalue weighted by Crippen LogP contribution is -2.38. The van der Waals surface area contributed by atoms with Gasteiger partial charge in [0.1, 0.15) is 5.82 Å². The van der Waals surface area contributed by atoms with Gasteiger partial charge in [-0.15, -0.1) is 0 Å². The standard InChI is InChI=1S/C14H22N4O/c1-12-16-7-6-13(17-12)10-15-11-14(19)18-8-4-2-3-5-9-18/h6-7,15H,2-5,8-11H2,1H3. The highest BCUT2D eigenvalue weighted by Crippen LogP contribution is 2.09. The van der Waals surface area contributed by atoms with Crippen LogP contribution in [0.4, 0.5) is 0 Å². The van der Waals surface area contributed by atoms with E-state index in [1.54, 1.807) is 6.20 Å². The number of aromatic nitrogens is 2. The van der Waals surface area contributed by atoms with Crippen molar-refractivity contribution in [3.8, 4) is 0 Å². The van der Waals surface area contributed by atoms with E-state index in [1.165, 1.54) is 12.8 Å². The van der Waals surface area contributed by atoms with Crippen molar-refractivity contribution in [2.24, 2.45) is 0 Å². The summed E-state index contributed by atoms with van der Waals surface area (Å²) in [5, 5.41) is 3.16. The molecule has 5 heteroatoms. The van der Waals surface area contributed by atoms with Crippen LogP contribution in [-0.4, -0.2) is 40.4 Å². The normalized spacial score (nSPS) is 16.2. The zero-order valence-electron chi connectivity index (χ0n) is 11.6. The van der Waals surface area contributed by atoms with Gasteiger partial charge in [-0.2, -0.15) is 0 Å². The van der Waals surface area contributed by atoms with Crippen molar-refractivity contribution in [3.05, 3.63) is 23.8 Å². The molecular formula is C14H22N4O. The van der Waals surface area contributed by atoms with Gasteiger partial charge < -0.3 is 10.2 Å². The fraction of sp³-hybridized carbons (Fsp3) is 0.643. The van der Waals surface area contributed by atoms with E-state index in [0.29, 0.717) is 13.1 Å². The number of carbonyl (C=O) groups excluding carboxylic acids is 1. The van der Waals surface area contributed by atoms with Crippen LogP contribution >= 0.6 is 0 Å². The summed E-state index contributed by atoms with van der Waals surface area (Å²) in [4.78, 5) is 22.4. The molecule has 0 aliphatic carbocycles. The first-order valence-electron chi connectivity index (χ1n) is 7.03. The number of aryl methyl sites for hydroxylation is 1. The molecule has 1 fully saturated rings. The van der Waals surface area contributed by atoms with Crippen molar-refractivity contribution in [2.75, 3.05) is 19.6 Å². The largest absolute Gasteiger partial charge is 0.342 e. The molecule has 1 saturated heterocycles. The average Bonchev–Trinajstić information content (AvgIpc) is 2.67. The summed E-state index contributed by atoms with van der Waals surface area (Å²) in [6.07, 6.45) is 6.51. The van der Waals surface area contributed by atoms with E-state index in [2.05, 4.69) is 15.3 Å². The van der Waals surface area contributed by atoms with Crippen LogP contribution in [-0.2, 0) is 11.3 Å². The summed E-state index contributed by atoms with van der Waals surface area (Å²) in [6, 6.07) is 1.87. The Labute approximate surface area is 114 Å². The third kappa shape index (κ3) is 4.59. The number of nitrogens with zero attached hydrogens (tertiary/aromatic N) is 3. The molecule has 0 bridgehead atoms. The maximum Gasteiger partial charge on any atom is 0.236 e. The third-order valence-electron chi connectivity index (χ3n) is 3.37. The Morgan fingerprint density at radius 1 is 1.32 bits per heavy atom. The molecule has 2 rings (SSSR count). The Hall–Kier alpha value is -1.49. The van der Waals surface area contributed by atoms with Crippen LogP contribution in [0.2, 0.25) is 0 Å². The Morgan fingerprint density at radius 3 is 2.74 bits per heavy atom. The van der Waals surface area contributed by atoms with Crippen LogP contribution < -0.4 is 5.32 Å². The lowest BCUT2D eigenvalue weighted by atomic mass is 10.2. The van der Waals surface area contributed by atoms with Gasteiger partial charge in [0.2, 0.25) is 5.91 Å². The van der Waals surface area contributed by atoms with E-state index >= 15 is 0 Å². The van der Waals surface area contributed by atoms with Crippen molar-refractivity contribution in [1.29, 1.82) is 0 Å². The van der Waals surface area contributed by atoms with E-state index in [4.69, 9.17) is 0 Å². The molecular weight excluding hydrogens is 240 g/mol. The summed E-state index contributed by atoms with van der Waals surface area (Å²) in [7, 11) is 0. The number of hydrogen-bond acceptors (Lipinski definition) is 4. The van der Waals surface area contributed by atoms with Crippen LogP contribution in [0, 0.1) is 6.92 Å². The molecule has 0 spiro atoms. The molecule has 0 saturated carbocycles. The van der Waals surface area contributed by atoms with Gasteiger partial charge in [-0.3, -0.25) is 4.79 Å². The van der Waals surface area contributed by atoms with Crippen LogP contribution in [0.3, 0.4) is 0 Å². The molecule has 1 amide bonds. The summed E-state index contributed by atoms with van der Waals surface area (Å²) in [6.45, 7) is 4.69. The van der Waals surface area contributed by atoms with Gasteiger partial charge in [0.05, 0.1) is 12.2 Å². The summed E-state index contributed by atoms with van der Waals surface area (Å²) >= 11 is 0. The second kappa shape index (κ2) is 7.19. The number of hydrogen-bond donors (Lipinski definition) is 1. The van der Waals surface area contributed by atoms with Gasteiger partial charge in [0.25, 0.3) is 0 Å². The molecule has 5 nitrogen and oxygen atoms in total. The zero-order chi connectivity index (χ0) is 13.5. The van der Waals surface area contributed by atoms with Gasteiger partial charge in [-0.25, -0.2) is 9.97 Å². The topological polar surface area (TPSA) is 58.1 Å². The molecule has 0 unspecified atom stereocenters. The van der Waals surface area contributed by atoms with E-state index in [1.807, 2.05) is 17.9 Å². The monoisotopic (exact) mass is 262 g/mol. The quantitative estimate of drug-likeness (QED) is 0.888. The van der Waals surface area contributed by atoms with E-state index < -0.39 is 0 Å². The second-order valence-corrected chi connectivity index (χ2v) is 4.99. The zero-order valence-corrected chi connectivity index (χ0v) is 11.6. The number of amides is 1. The number of carbonyl (C=O) groups is 1. The highest BCUT2D eigenvalue weighted by molar-refractivity contribution is 5.78. The van der Waals surface area contributed by atoms with Gasteiger partial charge in [0, 0.05) is 25.8 Å². The SMILES string of the molecule is Cc1nccc(CNCC(=O)N2CCCCCC2)n1. The van der Waals surface area contributed by atoms with Gasteiger partial charge in [-0.1, -0.05) is 12.8 Å². The smallest absolute Gasteiger partial charge is 0.236 e. The molecule has 1 N–H and O–H groups in total. The minimum absolute atomic E-state index is 0.202. The van der Waals surface area contributed by atoms with Crippen molar-refractivity contribution in [1.82, 2.24) is 20.2 Å². The van der Waals surface area contributed by atoms with E-state index in [9.17, 15) is 4.79 Å². The molecule has 0 atom stereocenters. The van der Waals surface area contributed by atoms with Crippen LogP contribution in [0.15, 0.2) is 12.3 Å². The average molecular weight is 262 g/mol. The molecule has 1 aromatic rings. The van der Waals surface area contributed by atoms with Crippen molar-refractivity contribution >= 4 is 5.91 Å². The highest BCUT2D eigenvalue weighted by Gasteiger charge is 2.14. The molecule has 2 heterocycles.